The van der Waals surface area contributed by atoms with Crippen LogP contribution in [-0.2, 0) is 4.74 Å². The molecule has 20 heavy (non-hydrogen) atoms. The van der Waals surface area contributed by atoms with Gasteiger partial charge in [0.1, 0.15) is 0 Å². The molecule has 3 nitrogen and oxygen atoms in total. The normalized spacial score (nSPS) is 34.8. The third-order valence-electron chi connectivity index (χ3n) is 5.63. The molecule has 1 spiro atoms. The van der Waals surface area contributed by atoms with E-state index in [0.717, 1.165) is 12.6 Å². The summed E-state index contributed by atoms with van der Waals surface area (Å²) in [5.41, 5.74) is 0.500. The summed E-state index contributed by atoms with van der Waals surface area (Å²) in [6.45, 7) is 9.21. The molecule has 0 aromatic heterocycles. The third-order valence-corrected chi connectivity index (χ3v) is 5.63. The Bertz CT molecular complexity index is 323. The molecule has 3 rings (SSSR count). The Labute approximate surface area is 124 Å². The van der Waals surface area contributed by atoms with Crippen LogP contribution in [-0.4, -0.2) is 48.3 Å². The average Bonchev–Trinajstić information content (AvgIpc) is 2.62. The molecule has 0 aromatic rings. The Hall–Kier alpha value is -0.120. The van der Waals surface area contributed by atoms with Crippen LogP contribution in [0.15, 0.2) is 0 Å². The predicted molar refractivity (Wildman–Crippen MR) is 83.1 cm³/mol. The molecule has 0 bridgehead atoms. The Balaban J connectivity index is 1.68. The zero-order valence-corrected chi connectivity index (χ0v) is 13.4. The van der Waals surface area contributed by atoms with Crippen LogP contribution in [0.5, 0.6) is 0 Å². The standard InChI is InChI=1S/C17H32N2O/c1-16(2)13-15(7-12-20-16)19-11-6-10-18-17(14-19)8-4-3-5-9-17/h15,18H,3-14H2,1-2H3. The van der Waals surface area contributed by atoms with Crippen LogP contribution in [0.4, 0.5) is 0 Å². The number of nitrogens with zero attached hydrogens (tertiary/aromatic N) is 1. The first kappa shape index (κ1) is 14.8. The smallest absolute Gasteiger partial charge is 0.0641 e. The minimum Gasteiger partial charge on any atom is -0.375 e. The van der Waals surface area contributed by atoms with Gasteiger partial charge in [0.2, 0.25) is 0 Å². The van der Waals surface area contributed by atoms with Crippen LogP contribution in [0.3, 0.4) is 0 Å². The largest absolute Gasteiger partial charge is 0.375 e. The van der Waals surface area contributed by atoms with Crippen LogP contribution < -0.4 is 5.32 Å². The molecule has 1 aliphatic carbocycles. The summed E-state index contributed by atoms with van der Waals surface area (Å²) in [5, 5.41) is 3.91. The summed E-state index contributed by atoms with van der Waals surface area (Å²) in [7, 11) is 0. The van der Waals surface area contributed by atoms with Crippen molar-refractivity contribution in [2.45, 2.75) is 82.4 Å². The zero-order valence-electron chi connectivity index (χ0n) is 13.4. The first-order chi connectivity index (χ1) is 9.59. The van der Waals surface area contributed by atoms with Crippen molar-refractivity contribution in [2.75, 3.05) is 26.2 Å². The van der Waals surface area contributed by atoms with E-state index in [0.29, 0.717) is 5.54 Å². The van der Waals surface area contributed by atoms with Gasteiger partial charge < -0.3 is 10.1 Å². The fraction of sp³-hybridized carbons (Fsp3) is 1.00. The minimum atomic E-state index is 0.0718. The van der Waals surface area contributed by atoms with Crippen LogP contribution in [0, 0.1) is 0 Å². The Morgan fingerprint density at radius 3 is 2.65 bits per heavy atom. The maximum atomic E-state index is 5.91. The molecule has 1 saturated carbocycles. The van der Waals surface area contributed by atoms with Crippen molar-refractivity contribution in [3.63, 3.8) is 0 Å². The summed E-state index contributed by atoms with van der Waals surface area (Å²) in [4.78, 5) is 2.80. The van der Waals surface area contributed by atoms with Gasteiger partial charge in [0, 0.05) is 24.7 Å². The van der Waals surface area contributed by atoms with E-state index in [4.69, 9.17) is 4.74 Å². The number of hydrogen-bond acceptors (Lipinski definition) is 3. The lowest BCUT2D eigenvalue weighted by molar-refractivity contribution is -0.0855. The molecule has 2 saturated heterocycles. The van der Waals surface area contributed by atoms with Gasteiger partial charge in [-0.3, -0.25) is 4.90 Å². The van der Waals surface area contributed by atoms with Crippen molar-refractivity contribution in [1.82, 2.24) is 10.2 Å². The predicted octanol–water partition coefficient (Wildman–Crippen LogP) is 2.94. The van der Waals surface area contributed by atoms with E-state index in [-0.39, 0.29) is 5.60 Å². The number of nitrogens with one attached hydrogen (secondary N) is 1. The van der Waals surface area contributed by atoms with Gasteiger partial charge in [-0.05, 0) is 59.0 Å². The summed E-state index contributed by atoms with van der Waals surface area (Å²) >= 11 is 0. The molecule has 1 atom stereocenters. The van der Waals surface area contributed by atoms with Gasteiger partial charge in [-0.1, -0.05) is 19.3 Å². The molecule has 1 N–H and O–H groups in total. The van der Waals surface area contributed by atoms with Gasteiger partial charge in [-0.25, -0.2) is 0 Å². The lowest BCUT2D eigenvalue weighted by Gasteiger charge is -2.45. The van der Waals surface area contributed by atoms with Crippen molar-refractivity contribution >= 4 is 0 Å². The molecule has 3 heteroatoms. The molecule has 116 valence electrons. The van der Waals surface area contributed by atoms with Gasteiger partial charge in [-0.2, -0.15) is 0 Å². The number of hydrogen-bond donors (Lipinski definition) is 1. The van der Waals surface area contributed by atoms with Gasteiger partial charge >= 0.3 is 0 Å². The fourth-order valence-electron chi connectivity index (χ4n) is 4.55. The first-order valence-electron chi connectivity index (χ1n) is 8.72. The van der Waals surface area contributed by atoms with Crippen molar-refractivity contribution < 1.29 is 4.74 Å². The van der Waals surface area contributed by atoms with E-state index >= 15 is 0 Å². The Morgan fingerprint density at radius 2 is 1.90 bits per heavy atom. The van der Waals surface area contributed by atoms with E-state index < -0.39 is 0 Å². The number of ether oxygens (including phenoxy) is 1. The number of rotatable bonds is 1. The lowest BCUT2D eigenvalue weighted by atomic mass is 9.80. The molecule has 0 aromatic carbocycles. The maximum Gasteiger partial charge on any atom is 0.0641 e. The molecule has 2 aliphatic heterocycles. The van der Waals surface area contributed by atoms with Gasteiger partial charge in [0.25, 0.3) is 0 Å². The second-order valence-electron chi connectivity index (χ2n) is 7.85. The SMILES string of the molecule is CC1(C)CC(N2CCCNC3(CCCCC3)C2)CCO1. The Kier molecular flexibility index (Phi) is 4.40. The minimum absolute atomic E-state index is 0.0718. The topological polar surface area (TPSA) is 24.5 Å². The van der Waals surface area contributed by atoms with Crippen LogP contribution in [0.25, 0.3) is 0 Å². The molecule has 3 fully saturated rings. The monoisotopic (exact) mass is 280 g/mol. The molecular formula is C17H32N2O. The molecular weight excluding hydrogens is 248 g/mol. The van der Waals surface area contributed by atoms with Crippen LogP contribution >= 0.6 is 0 Å². The van der Waals surface area contributed by atoms with Gasteiger partial charge in [0.15, 0.2) is 0 Å². The van der Waals surface area contributed by atoms with Gasteiger partial charge in [-0.15, -0.1) is 0 Å². The fourth-order valence-corrected chi connectivity index (χ4v) is 4.55. The molecule has 3 aliphatic rings. The highest BCUT2D eigenvalue weighted by Crippen LogP contribution is 2.34. The quantitative estimate of drug-likeness (QED) is 0.799. The highest BCUT2D eigenvalue weighted by Gasteiger charge is 2.39. The second-order valence-corrected chi connectivity index (χ2v) is 7.85. The lowest BCUT2D eigenvalue weighted by Crippen LogP contribution is -2.56. The van der Waals surface area contributed by atoms with E-state index in [1.807, 2.05) is 0 Å². The van der Waals surface area contributed by atoms with Crippen molar-refractivity contribution in [2.24, 2.45) is 0 Å². The summed E-state index contributed by atoms with van der Waals surface area (Å²) in [6.07, 6.45) is 10.8. The summed E-state index contributed by atoms with van der Waals surface area (Å²) < 4.78 is 5.91. The molecule has 2 heterocycles. The summed E-state index contributed by atoms with van der Waals surface area (Å²) in [5.74, 6) is 0. The third kappa shape index (κ3) is 3.37. The molecule has 0 radical (unpaired) electrons. The second kappa shape index (κ2) is 5.94. The Morgan fingerprint density at radius 1 is 1.10 bits per heavy atom. The van der Waals surface area contributed by atoms with E-state index in [1.165, 1.54) is 71.0 Å². The maximum absolute atomic E-state index is 5.91. The highest BCUT2D eigenvalue weighted by molar-refractivity contribution is 4.97. The highest BCUT2D eigenvalue weighted by atomic mass is 16.5. The van der Waals surface area contributed by atoms with E-state index in [2.05, 4.69) is 24.1 Å². The van der Waals surface area contributed by atoms with E-state index in [9.17, 15) is 0 Å². The zero-order chi connectivity index (χ0) is 14.1. The van der Waals surface area contributed by atoms with E-state index in [1.54, 1.807) is 0 Å². The van der Waals surface area contributed by atoms with Gasteiger partial charge in [0.05, 0.1) is 5.60 Å². The first-order valence-corrected chi connectivity index (χ1v) is 8.72. The molecule has 1 unspecified atom stereocenters. The van der Waals surface area contributed by atoms with Crippen molar-refractivity contribution in [3.8, 4) is 0 Å². The molecule has 0 amide bonds. The van der Waals surface area contributed by atoms with Crippen molar-refractivity contribution in [3.05, 3.63) is 0 Å². The summed E-state index contributed by atoms with van der Waals surface area (Å²) in [6, 6.07) is 0.734. The van der Waals surface area contributed by atoms with Crippen molar-refractivity contribution in [1.29, 1.82) is 0 Å². The van der Waals surface area contributed by atoms with Crippen LogP contribution in [0.2, 0.25) is 0 Å². The average molecular weight is 280 g/mol. The van der Waals surface area contributed by atoms with Crippen LogP contribution in [0.1, 0.15) is 65.2 Å².